The first-order chi connectivity index (χ1) is 12.3. The average Bonchev–Trinajstić information content (AvgIpc) is 3.13. The summed E-state index contributed by atoms with van der Waals surface area (Å²) in [6.45, 7) is 6.58. The van der Waals surface area contributed by atoms with Gasteiger partial charge in [-0.15, -0.1) is 0 Å². The number of hydrogen-bond donors (Lipinski definition) is 2. The largest absolute Gasteiger partial charge is 0.297 e. The zero-order valence-corrected chi connectivity index (χ0v) is 15.0. The van der Waals surface area contributed by atoms with Crippen LogP contribution in [0, 0.1) is 12.8 Å². The molecule has 25 heavy (non-hydrogen) atoms. The minimum atomic E-state index is 0.540. The van der Waals surface area contributed by atoms with E-state index in [-0.39, 0.29) is 0 Å². The Morgan fingerprint density at radius 3 is 2.64 bits per heavy atom. The maximum absolute atomic E-state index is 4.47. The van der Waals surface area contributed by atoms with Gasteiger partial charge in [-0.3, -0.25) is 20.7 Å². The Morgan fingerprint density at radius 1 is 1.08 bits per heavy atom. The van der Waals surface area contributed by atoms with Gasteiger partial charge in [-0.05, 0) is 62.0 Å². The fourth-order valence-electron chi connectivity index (χ4n) is 4.46. The number of nitrogens with one attached hydrogen (secondary N) is 2. The molecule has 2 aliphatic heterocycles. The van der Waals surface area contributed by atoms with Crippen LogP contribution in [0.5, 0.6) is 0 Å². The molecule has 2 N–H and O–H groups in total. The van der Waals surface area contributed by atoms with Crippen molar-refractivity contribution in [3.8, 4) is 0 Å². The molecule has 0 saturated carbocycles. The Balaban J connectivity index is 1.38. The summed E-state index contributed by atoms with van der Waals surface area (Å²) in [5, 5.41) is 0. The van der Waals surface area contributed by atoms with Crippen LogP contribution in [0.25, 0.3) is 0 Å². The molecule has 0 amide bonds. The maximum Gasteiger partial charge on any atom is 0.0543 e. The molecule has 2 aromatic rings. The number of rotatable bonds is 4. The lowest BCUT2D eigenvalue weighted by Gasteiger charge is -2.36. The van der Waals surface area contributed by atoms with Crippen LogP contribution < -0.4 is 10.9 Å². The zero-order valence-electron chi connectivity index (χ0n) is 15.0. The van der Waals surface area contributed by atoms with Crippen molar-refractivity contribution in [3.05, 3.63) is 65.5 Å². The average molecular weight is 336 g/mol. The molecule has 4 heteroatoms. The van der Waals surface area contributed by atoms with Crippen LogP contribution in [0.15, 0.2) is 48.7 Å². The second kappa shape index (κ2) is 7.65. The Labute approximate surface area is 150 Å². The van der Waals surface area contributed by atoms with Gasteiger partial charge in [0, 0.05) is 31.2 Å². The van der Waals surface area contributed by atoms with Gasteiger partial charge in [0.1, 0.15) is 0 Å². The van der Waals surface area contributed by atoms with Crippen LogP contribution in [-0.2, 0) is 6.54 Å². The molecule has 2 unspecified atom stereocenters. The third kappa shape index (κ3) is 3.76. The van der Waals surface area contributed by atoms with E-state index < -0.39 is 0 Å². The summed E-state index contributed by atoms with van der Waals surface area (Å²) in [5.41, 5.74) is 11.1. The van der Waals surface area contributed by atoms with Crippen LogP contribution in [0.3, 0.4) is 0 Å². The Bertz CT molecular complexity index is 679. The number of nitrogens with zero attached hydrogens (tertiary/aromatic N) is 2. The SMILES string of the molecule is Cc1ccccc1C1CNNC1C1CCN(Cc2ccccn2)CC1. The number of aryl methyl sites for hydroxylation is 1. The van der Waals surface area contributed by atoms with Crippen LogP contribution in [0.2, 0.25) is 0 Å². The highest BCUT2D eigenvalue weighted by molar-refractivity contribution is 5.31. The number of piperidine rings is 1. The molecular weight excluding hydrogens is 308 g/mol. The number of hydrogen-bond acceptors (Lipinski definition) is 4. The normalized spacial score (nSPS) is 25.3. The van der Waals surface area contributed by atoms with Crippen LogP contribution >= 0.6 is 0 Å². The highest BCUT2D eigenvalue weighted by Gasteiger charge is 2.36. The van der Waals surface area contributed by atoms with Crippen molar-refractivity contribution in [2.75, 3.05) is 19.6 Å². The molecule has 0 bridgehead atoms. The first-order valence-electron chi connectivity index (χ1n) is 9.47. The molecule has 0 radical (unpaired) electrons. The quantitative estimate of drug-likeness (QED) is 0.901. The zero-order chi connectivity index (χ0) is 17.1. The van der Waals surface area contributed by atoms with Crippen molar-refractivity contribution in [1.82, 2.24) is 20.7 Å². The number of benzene rings is 1. The van der Waals surface area contributed by atoms with Crippen molar-refractivity contribution in [3.63, 3.8) is 0 Å². The molecule has 1 aromatic heterocycles. The molecule has 2 atom stereocenters. The monoisotopic (exact) mass is 336 g/mol. The predicted octanol–water partition coefficient (Wildman–Crippen LogP) is 2.86. The number of aromatic nitrogens is 1. The van der Waals surface area contributed by atoms with Crippen molar-refractivity contribution >= 4 is 0 Å². The summed E-state index contributed by atoms with van der Waals surface area (Å²) in [7, 11) is 0. The highest BCUT2D eigenvalue weighted by atomic mass is 15.4. The standard InChI is InChI=1S/C21H28N4/c1-16-6-2-3-8-19(16)20-14-23-24-21(20)17-9-12-25(13-10-17)15-18-7-4-5-11-22-18/h2-8,11,17,20-21,23-24H,9-10,12-15H2,1H3. The molecule has 132 valence electrons. The Morgan fingerprint density at radius 2 is 1.88 bits per heavy atom. The van der Waals surface area contributed by atoms with Gasteiger partial charge in [-0.1, -0.05) is 30.3 Å². The summed E-state index contributed by atoms with van der Waals surface area (Å²) in [4.78, 5) is 7.01. The molecule has 0 aliphatic carbocycles. The van der Waals surface area contributed by atoms with E-state index in [9.17, 15) is 0 Å². The molecule has 4 nitrogen and oxygen atoms in total. The third-order valence-electron chi connectivity index (χ3n) is 5.86. The molecule has 3 heterocycles. The van der Waals surface area contributed by atoms with Gasteiger partial charge in [-0.2, -0.15) is 0 Å². The smallest absolute Gasteiger partial charge is 0.0543 e. The highest BCUT2D eigenvalue weighted by Crippen LogP contribution is 2.33. The van der Waals surface area contributed by atoms with E-state index in [2.05, 4.69) is 64.1 Å². The van der Waals surface area contributed by atoms with E-state index in [1.165, 1.54) is 42.8 Å². The summed E-state index contributed by atoms with van der Waals surface area (Å²) in [6.07, 6.45) is 4.41. The van der Waals surface area contributed by atoms with Gasteiger partial charge in [0.05, 0.1) is 5.69 Å². The van der Waals surface area contributed by atoms with E-state index in [0.717, 1.165) is 19.0 Å². The first-order valence-corrected chi connectivity index (χ1v) is 9.47. The van der Waals surface area contributed by atoms with Gasteiger partial charge < -0.3 is 0 Å². The molecule has 2 fully saturated rings. The van der Waals surface area contributed by atoms with Crippen molar-refractivity contribution in [2.45, 2.75) is 38.3 Å². The van der Waals surface area contributed by atoms with E-state index in [0.29, 0.717) is 12.0 Å². The van der Waals surface area contributed by atoms with Crippen LogP contribution in [0.4, 0.5) is 0 Å². The van der Waals surface area contributed by atoms with E-state index >= 15 is 0 Å². The fourth-order valence-corrected chi connectivity index (χ4v) is 4.46. The van der Waals surface area contributed by atoms with Crippen LogP contribution in [-0.4, -0.2) is 35.6 Å². The van der Waals surface area contributed by atoms with E-state index in [1.54, 1.807) is 0 Å². The lowest BCUT2D eigenvalue weighted by molar-refractivity contribution is 0.150. The van der Waals surface area contributed by atoms with Gasteiger partial charge >= 0.3 is 0 Å². The maximum atomic E-state index is 4.47. The summed E-state index contributed by atoms with van der Waals surface area (Å²) in [5.74, 6) is 1.31. The van der Waals surface area contributed by atoms with Crippen LogP contribution in [0.1, 0.15) is 35.6 Å². The number of likely N-dealkylation sites (tertiary alicyclic amines) is 1. The Kier molecular flexibility index (Phi) is 5.11. The number of pyridine rings is 1. The molecule has 2 aliphatic rings. The number of hydrazine groups is 1. The van der Waals surface area contributed by atoms with Gasteiger partial charge in [0.25, 0.3) is 0 Å². The minimum absolute atomic E-state index is 0.540. The van der Waals surface area contributed by atoms with E-state index in [1.807, 2.05) is 12.3 Å². The second-order valence-corrected chi connectivity index (χ2v) is 7.45. The molecule has 1 aromatic carbocycles. The van der Waals surface area contributed by atoms with Crippen molar-refractivity contribution in [2.24, 2.45) is 5.92 Å². The second-order valence-electron chi connectivity index (χ2n) is 7.45. The lowest BCUT2D eigenvalue weighted by atomic mass is 9.79. The molecule has 2 saturated heterocycles. The summed E-state index contributed by atoms with van der Waals surface area (Å²) in [6, 6.07) is 15.6. The molecular formula is C21H28N4. The molecule has 0 spiro atoms. The summed E-state index contributed by atoms with van der Waals surface area (Å²) >= 11 is 0. The van der Waals surface area contributed by atoms with Crippen molar-refractivity contribution < 1.29 is 0 Å². The van der Waals surface area contributed by atoms with E-state index in [4.69, 9.17) is 0 Å². The van der Waals surface area contributed by atoms with Crippen molar-refractivity contribution in [1.29, 1.82) is 0 Å². The van der Waals surface area contributed by atoms with Gasteiger partial charge in [-0.25, -0.2) is 0 Å². The minimum Gasteiger partial charge on any atom is -0.297 e. The third-order valence-corrected chi connectivity index (χ3v) is 5.86. The predicted molar refractivity (Wildman–Crippen MR) is 101 cm³/mol. The fraction of sp³-hybridized carbons (Fsp3) is 0.476. The van der Waals surface area contributed by atoms with Gasteiger partial charge in [0.2, 0.25) is 0 Å². The summed E-state index contributed by atoms with van der Waals surface area (Å²) < 4.78 is 0. The first kappa shape index (κ1) is 16.7. The topological polar surface area (TPSA) is 40.2 Å². The van der Waals surface area contributed by atoms with Gasteiger partial charge in [0.15, 0.2) is 0 Å². The Hall–Kier alpha value is -1.75. The lowest BCUT2D eigenvalue weighted by Crippen LogP contribution is -2.44. The molecule has 4 rings (SSSR count).